The third kappa shape index (κ3) is 7.74. The van der Waals surface area contributed by atoms with E-state index in [1.807, 2.05) is 58.0 Å². The summed E-state index contributed by atoms with van der Waals surface area (Å²) in [4.78, 5) is 28.9. The summed E-state index contributed by atoms with van der Waals surface area (Å²) >= 11 is 13.7. The van der Waals surface area contributed by atoms with Crippen LogP contribution in [0.15, 0.2) is 47.4 Å². The van der Waals surface area contributed by atoms with Crippen LogP contribution in [0.1, 0.15) is 44.7 Å². The van der Waals surface area contributed by atoms with Crippen LogP contribution in [-0.4, -0.2) is 34.6 Å². The number of nitrogens with zero attached hydrogens (tertiary/aromatic N) is 1. The normalized spacial score (nSPS) is 12.8. The van der Waals surface area contributed by atoms with Crippen molar-refractivity contribution in [3.8, 4) is 0 Å². The molecular formula is C24H30Cl2N2O2S. The molecule has 2 amide bonds. The first-order valence-electron chi connectivity index (χ1n) is 10.5. The number of aryl methyl sites for hydroxylation is 1. The number of nitrogens with one attached hydrogen (secondary N) is 1. The lowest BCUT2D eigenvalue weighted by Crippen LogP contribution is -2.51. The van der Waals surface area contributed by atoms with Crippen molar-refractivity contribution in [1.82, 2.24) is 10.2 Å². The van der Waals surface area contributed by atoms with Gasteiger partial charge in [-0.15, -0.1) is 11.8 Å². The van der Waals surface area contributed by atoms with Gasteiger partial charge in [-0.3, -0.25) is 9.59 Å². The van der Waals surface area contributed by atoms with Gasteiger partial charge < -0.3 is 10.2 Å². The number of benzene rings is 2. The number of hydrogen-bond acceptors (Lipinski definition) is 3. The van der Waals surface area contributed by atoms with E-state index >= 15 is 0 Å². The third-order valence-electron chi connectivity index (χ3n) is 5.11. The highest BCUT2D eigenvalue weighted by Gasteiger charge is 2.29. The predicted octanol–water partition coefficient (Wildman–Crippen LogP) is 6.12. The summed E-state index contributed by atoms with van der Waals surface area (Å²) < 4.78 is 0. The van der Waals surface area contributed by atoms with E-state index in [4.69, 9.17) is 23.2 Å². The molecule has 0 unspecified atom stereocenters. The molecule has 2 aromatic rings. The van der Waals surface area contributed by atoms with Crippen molar-refractivity contribution in [2.45, 2.75) is 64.1 Å². The highest BCUT2D eigenvalue weighted by atomic mass is 35.5. The molecule has 0 heterocycles. The smallest absolute Gasteiger partial charge is 0.243 e. The first-order valence-corrected chi connectivity index (χ1v) is 12.2. The number of rotatable bonds is 10. The summed E-state index contributed by atoms with van der Waals surface area (Å²) in [6, 6.07) is 12.8. The fraction of sp³-hybridized carbons (Fsp3) is 0.417. The summed E-state index contributed by atoms with van der Waals surface area (Å²) in [6.45, 7) is 8.21. The molecular weight excluding hydrogens is 451 g/mol. The molecule has 0 radical (unpaired) electrons. The van der Waals surface area contributed by atoms with Crippen molar-refractivity contribution < 1.29 is 9.59 Å². The van der Waals surface area contributed by atoms with E-state index in [1.54, 1.807) is 17.0 Å². The van der Waals surface area contributed by atoms with Gasteiger partial charge in [-0.2, -0.15) is 0 Å². The molecule has 7 heteroatoms. The average Bonchev–Trinajstić information content (AvgIpc) is 2.75. The Morgan fingerprint density at radius 2 is 1.71 bits per heavy atom. The zero-order chi connectivity index (χ0) is 23.0. The molecule has 0 saturated heterocycles. The summed E-state index contributed by atoms with van der Waals surface area (Å²) in [5.41, 5.74) is 2.00. The maximum Gasteiger partial charge on any atom is 0.243 e. The minimum atomic E-state index is -0.561. The van der Waals surface area contributed by atoms with Crippen LogP contribution in [0.4, 0.5) is 0 Å². The van der Waals surface area contributed by atoms with Gasteiger partial charge in [-0.05, 0) is 56.5 Å². The van der Waals surface area contributed by atoms with Gasteiger partial charge in [-0.1, -0.05) is 60.8 Å². The third-order valence-corrected chi connectivity index (χ3v) is 6.84. The van der Waals surface area contributed by atoms with Crippen molar-refractivity contribution in [2.75, 3.05) is 5.75 Å². The zero-order valence-corrected chi connectivity index (χ0v) is 20.8. The van der Waals surface area contributed by atoms with Gasteiger partial charge in [0.2, 0.25) is 11.8 Å². The molecule has 0 saturated carbocycles. The Morgan fingerprint density at radius 3 is 2.29 bits per heavy atom. The van der Waals surface area contributed by atoms with Gasteiger partial charge in [0.1, 0.15) is 6.04 Å². The van der Waals surface area contributed by atoms with Gasteiger partial charge in [0.25, 0.3) is 0 Å². The van der Waals surface area contributed by atoms with Crippen molar-refractivity contribution in [2.24, 2.45) is 0 Å². The van der Waals surface area contributed by atoms with E-state index in [1.165, 1.54) is 17.3 Å². The molecule has 31 heavy (non-hydrogen) atoms. The van der Waals surface area contributed by atoms with E-state index in [-0.39, 0.29) is 30.2 Å². The second-order valence-electron chi connectivity index (χ2n) is 7.61. The molecule has 0 aromatic heterocycles. The lowest BCUT2D eigenvalue weighted by molar-refractivity contribution is -0.139. The molecule has 0 spiro atoms. The Hall–Kier alpha value is -1.69. The van der Waals surface area contributed by atoms with Crippen LogP contribution in [0.3, 0.4) is 0 Å². The van der Waals surface area contributed by atoms with E-state index in [9.17, 15) is 9.59 Å². The van der Waals surface area contributed by atoms with Crippen LogP contribution in [0.25, 0.3) is 0 Å². The Kier molecular flexibility index (Phi) is 10.2. The highest BCUT2D eigenvalue weighted by molar-refractivity contribution is 8.00. The molecule has 168 valence electrons. The maximum absolute atomic E-state index is 13.3. The quantitative estimate of drug-likeness (QED) is 0.416. The minimum absolute atomic E-state index is 0.0467. The fourth-order valence-corrected chi connectivity index (χ4v) is 4.16. The van der Waals surface area contributed by atoms with Crippen LogP contribution >= 0.6 is 35.0 Å². The van der Waals surface area contributed by atoms with E-state index < -0.39 is 6.04 Å². The van der Waals surface area contributed by atoms with Crippen LogP contribution in [0.2, 0.25) is 10.0 Å². The topological polar surface area (TPSA) is 49.4 Å². The summed E-state index contributed by atoms with van der Waals surface area (Å²) in [7, 11) is 0. The number of hydrogen-bond donors (Lipinski definition) is 1. The highest BCUT2D eigenvalue weighted by Crippen LogP contribution is 2.25. The molecule has 4 nitrogen and oxygen atoms in total. The lowest BCUT2D eigenvalue weighted by atomic mass is 10.1. The van der Waals surface area contributed by atoms with Crippen molar-refractivity contribution in [1.29, 1.82) is 0 Å². The van der Waals surface area contributed by atoms with Gasteiger partial charge in [0.15, 0.2) is 0 Å². The molecule has 2 atom stereocenters. The van der Waals surface area contributed by atoms with E-state index in [0.29, 0.717) is 16.5 Å². The number of amides is 2. The standard InChI is InChI=1S/C24H30Cl2N2O2S/c1-5-17(4)27-24(30)22(6-2)28(14-18-9-12-20(25)21(26)13-18)23(29)15-31-19-10-7-16(3)8-11-19/h7-13,17,22H,5-6,14-15H2,1-4H3,(H,27,30)/t17-,22+/m0/s1. The first-order chi connectivity index (χ1) is 14.7. The monoisotopic (exact) mass is 480 g/mol. The molecule has 0 fully saturated rings. The number of thioether (sulfide) groups is 1. The Morgan fingerprint density at radius 1 is 1.03 bits per heavy atom. The molecule has 0 aliphatic rings. The van der Waals surface area contributed by atoms with Crippen LogP contribution < -0.4 is 5.32 Å². The van der Waals surface area contributed by atoms with Gasteiger partial charge in [0.05, 0.1) is 15.8 Å². The fourth-order valence-electron chi connectivity index (χ4n) is 3.06. The Balaban J connectivity index is 2.23. The SMILES string of the molecule is CC[C@H](C(=O)N[C@@H](C)CC)N(Cc1ccc(Cl)c(Cl)c1)C(=O)CSc1ccc(C)cc1. The number of carbonyl (C=O) groups is 2. The first kappa shape index (κ1) is 25.6. The van der Waals surface area contributed by atoms with Gasteiger partial charge >= 0.3 is 0 Å². The van der Waals surface area contributed by atoms with Gasteiger partial charge in [0, 0.05) is 17.5 Å². The molecule has 2 rings (SSSR count). The summed E-state index contributed by atoms with van der Waals surface area (Å²) in [6.07, 6.45) is 1.34. The lowest BCUT2D eigenvalue weighted by Gasteiger charge is -2.31. The van der Waals surface area contributed by atoms with Crippen molar-refractivity contribution >= 4 is 46.8 Å². The second-order valence-corrected chi connectivity index (χ2v) is 9.48. The predicted molar refractivity (Wildman–Crippen MR) is 131 cm³/mol. The summed E-state index contributed by atoms with van der Waals surface area (Å²) in [5.74, 6) is 0.0192. The maximum atomic E-state index is 13.3. The average molecular weight is 481 g/mol. The van der Waals surface area contributed by atoms with Gasteiger partial charge in [-0.25, -0.2) is 0 Å². The minimum Gasteiger partial charge on any atom is -0.352 e. The molecule has 0 aliphatic heterocycles. The zero-order valence-electron chi connectivity index (χ0n) is 18.5. The van der Waals surface area contributed by atoms with Crippen molar-refractivity contribution in [3.05, 3.63) is 63.6 Å². The Labute approximate surface area is 199 Å². The second kappa shape index (κ2) is 12.4. The van der Waals surface area contributed by atoms with E-state index in [0.717, 1.165) is 16.9 Å². The number of halogens is 2. The van der Waals surface area contributed by atoms with Crippen LogP contribution in [0.5, 0.6) is 0 Å². The number of carbonyl (C=O) groups excluding carboxylic acids is 2. The molecule has 1 N–H and O–H groups in total. The molecule has 0 bridgehead atoms. The molecule has 0 aliphatic carbocycles. The largest absolute Gasteiger partial charge is 0.352 e. The van der Waals surface area contributed by atoms with Crippen LogP contribution in [0, 0.1) is 6.92 Å². The van der Waals surface area contributed by atoms with Crippen LogP contribution in [-0.2, 0) is 16.1 Å². The molecule has 2 aromatic carbocycles. The van der Waals surface area contributed by atoms with Crippen molar-refractivity contribution in [3.63, 3.8) is 0 Å². The van der Waals surface area contributed by atoms with E-state index in [2.05, 4.69) is 5.32 Å². The summed E-state index contributed by atoms with van der Waals surface area (Å²) in [5, 5.41) is 3.90. The Bertz CT molecular complexity index is 890.